The molecule has 1 aliphatic carbocycles. The average molecular weight is 277 g/mol. The van der Waals surface area contributed by atoms with Crippen LogP contribution in [0, 0.1) is 0 Å². The van der Waals surface area contributed by atoms with E-state index >= 15 is 0 Å². The maximum Gasteiger partial charge on any atom is 0.0957 e. The standard InChI is InChI=1S/C16H27N3O/c1-5-15(20)14-8-7-13(11-17-14)19(4)12-16(18(2)3)9-6-10-16/h7-8,11,15,20H,5-6,9-10,12H2,1-4H3. The smallest absolute Gasteiger partial charge is 0.0957 e. The zero-order valence-electron chi connectivity index (χ0n) is 13.1. The molecule has 1 fully saturated rings. The largest absolute Gasteiger partial charge is 0.387 e. The number of aliphatic hydroxyl groups excluding tert-OH is 1. The van der Waals surface area contributed by atoms with E-state index in [-0.39, 0.29) is 0 Å². The number of anilines is 1. The molecule has 1 saturated carbocycles. The molecule has 112 valence electrons. The van der Waals surface area contributed by atoms with Crippen molar-refractivity contribution in [1.82, 2.24) is 9.88 Å². The van der Waals surface area contributed by atoms with Crippen LogP contribution in [0.5, 0.6) is 0 Å². The lowest BCUT2D eigenvalue weighted by molar-refractivity contribution is 0.0683. The topological polar surface area (TPSA) is 39.6 Å². The average Bonchev–Trinajstić information content (AvgIpc) is 2.41. The van der Waals surface area contributed by atoms with Crippen LogP contribution in [0.2, 0.25) is 0 Å². The van der Waals surface area contributed by atoms with Crippen molar-refractivity contribution in [1.29, 1.82) is 0 Å². The Hall–Kier alpha value is -1.13. The third-order valence-electron chi connectivity index (χ3n) is 4.70. The van der Waals surface area contributed by atoms with Gasteiger partial charge in [0, 0.05) is 19.1 Å². The van der Waals surface area contributed by atoms with E-state index in [0.717, 1.165) is 17.9 Å². The second-order valence-electron chi connectivity index (χ2n) is 6.19. The highest BCUT2D eigenvalue weighted by Crippen LogP contribution is 2.37. The lowest BCUT2D eigenvalue weighted by atomic mass is 9.75. The summed E-state index contributed by atoms with van der Waals surface area (Å²) < 4.78 is 0. The van der Waals surface area contributed by atoms with Gasteiger partial charge < -0.3 is 14.9 Å². The van der Waals surface area contributed by atoms with Crippen LogP contribution in [-0.4, -0.2) is 48.2 Å². The number of rotatable bonds is 6. The number of nitrogens with zero attached hydrogens (tertiary/aromatic N) is 3. The van der Waals surface area contributed by atoms with Gasteiger partial charge in [-0.25, -0.2) is 0 Å². The number of aromatic nitrogens is 1. The van der Waals surface area contributed by atoms with Crippen molar-refractivity contribution in [2.75, 3.05) is 32.6 Å². The number of likely N-dealkylation sites (N-methyl/N-ethyl adjacent to an activating group) is 2. The van der Waals surface area contributed by atoms with Crippen LogP contribution in [-0.2, 0) is 0 Å². The minimum Gasteiger partial charge on any atom is -0.387 e. The van der Waals surface area contributed by atoms with Gasteiger partial charge >= 0.3 is 0 Å². The van der Waals surface area contributed by atoms with E-state index in [1.807, 2.05) is 19.2 Å². The van der Waals surface area contributed by atoms with Gasteiger partial charge in [0.05, 0.1) is 23.7 Å². The molecule has 0 amide bonds. The van der Waals surface area contributed by atoms with E-state index in [9.17, 15) is 5.11 Å². The third-order valence-corrected chi connectivity index (χ3v) is 4.70. The van der Waals surface area contributed by atoms with Crippen molar-refractivity contribution >= 4 is 5.69 Å². The molecule has 1 heterocycles. The van der Waals surface area contributed by atoms with Crippen LogP contribution in [0.25, 0.3) is 0 Å². The molecular weight excluding hydrogens is 250 g/mol. The van der Waals surface area contributed by atoms with E-state index in [0.29, 0.717) is 12.0 Å². The Labute approximate surface area is 122 Å². The highest BCUT2D eigenvalue weighted by atomic mass is 16.3. The first kappa shape index (κ1) is 15.3. The van der Waals surface area contributed by atoms with E-state index in [1.165, 1.54) is 19.3 Å². The number of hydrogen-bond donors (Lipinski definition) is 1. The maximum absolute atomic E-state index is 9.78. The Morgan fingerprint density at radius 2 is 2.00 bits per heavy atom. The quantitative estimate of drug-likeness (QED) is 0.867. The molecule has 4 nitrogen and oxygen atoms in total. The second-order valence-corrected chi connectivity index (χ2v) is 6.19. The monoisotopic (exact) mass is 277 g/mol. The van der Waals surface area contributed by atoms with E-state index in [4.69, 9.17) is 0 Å². The zero-order chi connectivity index (χ0) is 14.8. The lowest BCUT2D eigenvalue weighted by Crippen LogP contribution is -2.56. The molecule has 2 rings (SSSR count). The fourth-order valence-corrected chi connectivity index (χ4v) is 2.89. The summed E-state index contributed by atoms with van der Waals surface area (Å²) >= 11 is 0. The van der Waals surface area contributed by atoms with Crippen molar-refractivity contribution in [3.8, 4) is 0 Å². The van der Waals surface area contributed by atoms with Crippen molar-refractivity contribution in [2.45, 2.75) is 44.2 Å². The van der Waals surface area contributed by atoms with Gasteiger partial charge in [-0.15, -0.1) is 0 Å². The van der Waals surface area contributed by atoms with Crippen LogP contribution in [0.15, 0.2) is 18.3 Å². The molecule has 1 aromatic rings. The van der Waals surface area contributed by atoms with Gasteiger partial charge in [-0.3, -0.25) is 4.98 Å². The Balaban J connectivity index is 2.04. The molecule has 0 spiro atoms. The molecule has 1 N–H and O–H groups in total. The SMILES string of the molecule is CCC(O)c1ccc(N(C)CC2(N(C)C)CCC2)cn1. The molecule has 1 atom stereocenters. The summed E-state index contributed by atoms with van der Waals surface area (Å²) in [6.07, 6.45) is 5.98. The maximum atomic E-state index is 9.78. The molecule has 0 aliphatic heterocycles. The molecule has 20 heavy (non-hydrogen) atoms. The molecule has 0 bridgehead atoms. The Morgan fingerprint density at radius 1 is 1.30 bits per heavy atom. The summed E-state index contributed by atoms with van der Waals surface area (Å²) in [7, 11) is 6.47. The predicted octanol–water partition coefficient (Wildman–Crippen LogP) is 2.45. The molecule has 0 aromatic carbocycles. The molecule has 4 heteroatoms. The van der Waals surface area contributed by atoms with Gasteiger partial charge in [0.25, 0.3) is 0 Å². The predicted molar refractivity (Wildman–Crippen MR) is 83.0 cm³/mol. The lowest BCUT2D eigenvalue weighted by Gasteiger charge is -2.49. The number of aliphatic hydroxyl groups is 1. The summed E-state index contributed by atoms with van der Waals surface area (Å²) in [4.78, 5) is 9.01. The van der Waals surface area contributed by atoms with Crippen LogP contribution in [0.3, 0.4) is 0 Å². The van der Waals surface area contributed by atoms with Gasteiger partial charge in [-0.2, -0.15) is 0 Å². The van der Waals surface area contributed by atoms with Crippen LogP contribution < -0.4 is 4.90 Å². The van der Waals surface area contributed by atoms with Gasteiger partial charge in [-0.1, -0.05) is 6.92 Å². The van der Waals surface area contributed by atoms with E-state index in [2.05, 4.69) is 42.0 Å². The van der Waals surface area contributed by atoms with Crippen LogP contribution in [0.4, 0.5) is 5.69 Å². The molecular formula is C16H27N3O. The molecule has 1 aromatic heterocycles. The van der Waals surface area contributed by atoms with E-state index in [1.54, 1.807) is 0 Å². The molecule has 1 aliphatic rings. The molecule has 1 unspecified atom stereocenters. The van der Waals surface area contributed by atoms with Crippen molar-refractivity contribution in [3.63, 3.8) is 0 Å². The summed E-state index contributed by atoms with van der Waals surface area (Å²) in [6.45, 7) is 2.99. The van der Waals surface area contributed by atoms with Crippen molar-refractivity contribution < 1.29 is 5.11 Å². The number of pyridine rings is 1. The normalized spacial score (nSPS) is 18.7. The first-order valence-electron chi connectivity index (χ1n) is 7.51. The summed E-state index contributed by atoms with van der Waals surface area (Å²) in [5.74, 6) is 0. The highest BCUT2D eigenvalue weighted by molar-refractivity contribution is 5.44. The minimum atomic E-state index is -0.450. The highest BCUT2D eigenvalue weighted by Gasteiger charge is 2.39. The fourth-order valence-electron chi connectivity index (χ4n) is 2.89. The van der Waals surface area contributed by atoms with E-state index < -0.39 is 6.10 Å². The fraction of sp³-hybridized carbons (Fsp3) is 0.688. The van der Waals surface area contributed by atoms with Crippen molar-refractivity contribution in [3.05, 3.63) is 24.0 Å². The summed E-state index contributed by atoms with van der Waals surface area (Å²) in [6, 6.07) is 3.99. The molecule has 0 radical (unpaired) electrons. The van der Waals surface area contributed by atoms with Crippen LogP contribution >= 0.6 is 0 Å². The third kappa shape index (κ3) is 2.96. The first-order valence-corrected chi connectivity index (χ1v) is 7.51. The summed E-state index contributed by atoms with van der Waals surface area (Å²) in [5.41, 5.74) is 2.19. The Morgan fingerprint density at radius 3 is 2.40 bits per heavy atom. The second kappa shape index (κ2) is 6.10. The molecule has 0 saturated heterocycles. The zero-order valence-corrected chi connectivity index (χ0v) is 13.1. The minimum absolute atomic E-state index is 0.316. The first-order chi connectivity index (χ1) is 9.48. The summed E-state index contributed by atoms with van der Waals surface area (Å²) in [5, 5.41) is 9.78. The van der Waals surface area contributed by atoms with Gasteiger partial charge in [0.15, 0.2) is 0 Å². The Bertz CT molecular complexity index is 426. The number of hydrogen-bond acceptors (Lipinski definition) is 4. The van der Waals surface area contributed by atoms with Gasteiger partial charge in [0.2, 0.25) is 0 Å². The van der Waals surface area contributed by atoms with Gasteiger partial charge in [0.1, 0.15) is 0 Å². The Kier molecular flexibility index (Phi) is 4.66. The van der Waals surface area contributed by atoms with Gasteiger partial charge in [-0.05, 0) is 51.9 Å². The van der Waals surface area contributed by atoms with Crippen LogP contribution in [0.1, 0.15) is 44.4 Å². The van der Waals surface area contributed by atoms with Crippen molar-refractivity contribution in [2.24, 2.45) is 0 Å².